The first-order chi connectivity index (χ1) is 13.7. The predicted molar refractivity (Wildman–Crippen MR) is 111 cm³/mol. The van der Waals surface area contributed by atoms with Gasteiger partial charge in [-0.3, -0.25) is 23.8 Å². The van der Waals surface area contributed by atoms with E-state index in [1.165, 1.54) is 6.20 Å². The van der Waals surface area contributed by atoms with Gasteiger partial charge in [-0.05, 0) is 18.8 Å². The van der Waals surface area contributed by atoms with E-state index in [0.29, 0.717) is 29.4 Å². The molecule has 1 saturated heterocycles. The van der Waals surface area contributed by atoms with Crippen LogP contribution in [-0.2, 0) is 19.0 Å². The van der Waals surface area contributed by atoms with Crippen LogP contribution in [0.5, 0.6) is 0 Å². The number of piperidine rings is 1. The van der Waals surface area contributed by atoms with E-state index in [1.54, 1.807) is 28.7 Å². The molecule has 0 atom stereocenters. The van der Waals surface area contributed by atoms with Gasteiger partial charge in [0, 0.05) is 38.2 Å². The third kappa shape index (κ3) is 3.81. The molecule has 1 N–H and O–H groups in total. The minimum atomic E-state index is -0.170. The molecule has 4 heterocycles. The number of hydrogen-bond acceptors (Lipinski definition) is 6. The number of aromatic nitrogens is 6. The van der Waals surface area contributed by atoms with Crippen LogP contribution < -0.4 is 16.0 Å². The molecule has 0 radical (unpaired) electrons. The lowest BCUT2D eigenvalue weighted by Gasteiger charge is -2.32. The highest BCUT2D eigenvalue weighted by Crippen LogP contribution is 2.22. The Morgan fingerprint density at radius 3 is 2.59 bits per heavy atom. The molecule has 1 fully saturated rings. The van der Waals surface area contributed by atoms with Gasteiger partial charge in [-0.25, -0.2) is 4.98 Å². The minimum absolute atomic E-state index is 0.00000987. The van der Waals surface area contributed by atoms with Crippen molar-refractivity contribution < 1.29 is 0 Å². The second-order valence-corrected chi connectivity index (χ2v) is 8.84. The Kier molecular flexibility index (Phi) is 4.76. The molecule has 1 aliphatic heterocycles. The smallest absolute Gasteiger partial charge is 0.263 e. The Balaban J connectivity index is 1.44. The van der Waals surface area contributed by atoms with Crippen molar-refractivity contribution in [1.82, 2.24) is 29.3 Å². The topological polar surface area (TPSA) is 102 Å². The lowest BCUT2D eigenvalue weighted by molar-refractivity contribution is 0.348. The molecular formula is C20H27N7O2. The van der Waals surface area contributed by atoms with Crippen LogP contribution in [0.15, 0.2) is 28.2 Å². The fourth-order valence-corrected chi connectivity index (χ4v) is 3.75. The van der Waals surface area contributed by atoms with Gasteiger partial charge in [-0.15, -0.1) is 0 Å². The summed E-state index contributed by atoms with van der Waals surface area (Å²) in [4.78, 5) is 38.8. The highest BCUT2D eigenvalue weighted by atomic mass is 16.1. The van der Waals surface area contributed by atoms with Crippen molar-refractivity contribution in [3.05, 3.63) is 45.0 Å². The van der Waals surface area contributed by atoms with E-state index < -0.39 is 0 Å². The van der Waals surface area contributed by atoms with Crippen LogP contribution in [-0.4, -0.2) is 42.4 Å². The van der Waals surface area contributed by atoms with Gasteiger partial charge >= 0.3 is 0 Å². The van der Waals surface area contributed by atoms with E-state index in [9.17, 15) is 9.59 Å². The highest BCUT2D eigenvalue weighted by molar-refractivity contribution is 5.74. The van der Waals surface area contributed by atoms with E-state index >= 15 is 0 Å². The molecule has 3 aromatic rings. The largest absolute Gasteiger partial charge is 0.342 e. The molecule has 0 aromatic carbocycles. The summed E-state index contributed by atoms with van der Waals surface area (Å²) in [6, 6.07) is 1.65. The standard InChI is InChI=1S/C20H27N7O2/c1-20(2,3)15-9-16(28)27(12-21-15)11-13-5-7-26(8-6-13)19-23-17-14(18(29)24-19)10-22-25(17)4/h9-10,12-13H,5-8,11H2,1-4H3,(H,23,24,29). The van der Waals surface area contributed by atoms with E-state index in [0.717, 1.165) is 31.6 Å². The quantitative estimate of drug-likeness (QED) is 0.717. The van der Waals surface area contributed by atoms with Gasteiger partial charge in [0.05, 0.1) is 18.2 Å². The average molecular weight is 397 g/mol. The van der Waals surface area contributed by atoms with Crippen molar-refractivity contribution in [2.75, 3.05) is 18.0 Å². The molecule has 154 valence electrons. The van der Waals surface area contributed by atoms with Crippen LogP contribution in [0.3, 0.4) is 0 Å². The summed E-state index contributed by atoms with van der Waals surface area (Å²) in [5.74, 6) is 0.969. The summed E-state index contributed by atoms with van der Waals surface area (Å²) in [7, 11) is 1.78. The van der Waals surface area contributed by atoms with Gasteiger partial charge in [-0.2, -0.15) is 10.1 Å². The first-order valence-corrected chi connectivity index (χ1v) is 9.96. The third-order valence-electron chi connectivity index (χ3n) is 5.61. The molecular weight excluding hydrogens is 370 g/mol. The monoisotopic (exact) mass is 397 g/mol. The van der Waals surface area contributed by atoms with Gasteiger partial charge in [0.25, 0.3) is 11.1 Å². The number of nitrogens with one attached hydrogen (secondary N) is 1. The van der Waals surface area contributed by atoms with Gasteiger partial charge < -0.3 is 4.90 Å². The molecule has 0 spiro atoms. The van der Waals surface area contributed by atoms with Gasteiger partial charge in [0.15, 0.2) is 5.65 Å². The molecule has 9 nitrogen and oxygen atoms in total. The lowest BCUT2D eigenvalue weighted by Crippen LogP contribution is -2.38. The molecule has 0 bridgehead atoms. The number of H-pyrrole nitrogens is 1. The first kappa shape index (κ1) is 19.4. The predicted octanol–water partition coefficient (Wildman–Crippen LogP) is 1.43. The summed E-state index contributed by atoms with van der Waals surface area (Å²) in [6.45, 7) is 8.37. The zero-order valence-electron chi connectivity index (χ0n) is 17.3. The fraction of sp³-hybridized carbons (Fsp3) is 0.550. The zero-order valence-corrected chi connectivity index (χ0v) is 17.3. The SMILES string of the molecule is Cn1ncc2c(=O)[nH]c(N3CCC(Cn4cnc(C(C)(C)C)cc4=O)CC3)nc21. The summed E-state index contributed by atoms with van der Waals surface area (Å²) >= 11 is 0. The van der Waals surface area contributed by atoms with E-state index in [1.807, 2.05) is 0 Å². The Bertz CT molecular complexity index is 1140. The average Bonchev–Trinajstić information content (AvgIpc) is 3.05. The van der Waals surface area contributed by atoms with Crippen molar-refractivity contribution in [3.63, 3.8) is 0 Å². The second kappa shape index (κ2) is 7.13. The van der Waals surface area contributed by atoms with Crippen molar-refractivity contribution in [1.29, 1.82) is 0 Å². The number of nitrogens with zero attached hydrogens (tertiary/aromatic N) is 6. The first-order valence-electron chi connectivity index (χ1n) is 9.96. The molecule has 0 unspecified atom stereocenters. The number of fused-ring (bicyclic) bond motifs is 1. The van der Waals surface area contributed by atoms with Crippen LogP contribution in [0.25, 0.3) is 11.0 Å². The number of aromatic amines is 1. The lowest BCUT2D eigenvalue weighted by atomic mass is 9.92. The van der Waals surface area contributed by atoms with Crippen molar-refractivity contribution in [2.45, 2.75) is 45.6 Å². The second-order valence-electron chi connectivity index (χ2n) is 8.84. The van der Waals surface area contributed by atoms with Gasteiger partial charge in [0.2, 0.25) is 5.95 Å². The Morgan fingerprint density at radius 2 is 1.93 bits per heavy atom. The number of aryl methyl sites for hydroxylation is 1. The number of hydrogen-bond donors (Lipinski definition) is 1. The fourth-order valence-electron chi connectivity index (χ4n) is 3.75. The summed E-state index contributed by atoms with van der Waals surface area (Å²) < 4.78 is 3.32. The van der Waals surface area contributed by atoms with Crippen LogP contribution in [0.4, 0.5) is 5.95 Å². The number of rotatable bonds is 3. The maximum atomic E-state index is 12.5. The number of anilines is 1. The Labute approximate surface area is 168 Å². The van der Waals surface area contributed by atoms with Crippen LogP contribution in [0.2, 0.25) is 0 Å². The van der Waals surface area contributed by atoms with Crippen LogP contribution >= 0.6 is 0 Å². The molecule has 29 heavy (non-hydrogen) atoms. The molecule has 9 heteroatoms. The van der Waals surface area contributed by atoms with Gasteiger partial charge in [0.1, 0.15) is 5.39 Å². The Hall–Kier alpha value is -2.97. The van der Waals surface area contributed by atoms with Crippen LogP contribution in [0.1, 0.15) is 39.3 Å². The Morgan fingerprint density at radius 1 is 1.21 bits per heavy atom. The molecule has 0 amide bonds. The molecule has 0 saturated carbocycles. The van der Waals surface area contributed by atoms with E-state index in [4.69, 9.17) is 0 Å². The maximum Gasteiger partial charge on any atom is 0.263 e. The highest BCUT2D eigenvalue weighted by Gasteiger charge is 2.23. The summed E-state index contributed by atoms with van der Waals surface area (Å²) in [5, 5.41) is 4.61. The normalized spacial score (nSPS) is 15.9. The minimum Gasteiger partial charge on any atom is -0.342 e. The summed E-state index contributed by atoms with van der Waals surface area (Å²) in [5.41, 5.74) is 1.09. The third-order valence-corrected chi connectivity index (χ3v) is 5.61. The molecule has 3 aromatic heterocycles. The molecule has 4 rings (SSSR count). The molecule has 1 aliphatic rings. The summed E-state index contributed by atoms with van der Waals surface area (Å²) in [6.07, 6.45) is 5.04. The maximum absolute atomic E-state index is 12.5. The van der Waals surface area contributed by atoms with Gasteiger partial charge in [-0.1, -0.05) is 20.8 Å². The van der Waals surface area contributed by atoms with E-state index in [-0.39, 0.29) is 16.5 Å². The van der Waals surface area contributed by atoms with Crippen molar-refractivity contribution in [3.8, 4) is 0 Å². The van der Waals surface area contributed by atoms with E-state index in [2.05, 4.69) is 45.7 Å². The van der Waals surface area contributed by atoms with Crippen LogP contribution in [0, 0.1) is 5.92 Å². The zero-order chi connectivity index (χ0) is 20.8. The van der Waals surface area contributed by atoms with Crippen molar-refractivity contribution in [2.24, 2.45) is 13.0 Å². The molecule has 0 aliphatic carbocycles. The van der Waals surface area contributed by atoms with Crippen molar-refractivity contribution >= 4 is 17.0 Å².